The molecule has 0 bridgehead atoms. The molecule has 0 heterocycles. The molecule has 94 valence electrons. The Morgan fingerprint density at radius 1 is 0.938 bits per heavy atom. The summed E-state index contributed by atoms with van der Waals surface area (Å²) in [4.78, 5) is 15.0. The molecule has 0 aromatic carbocycles. The van der Waals surface area contributed by atoms with Crippen molar-refractivity contribution in [2.45, 2.75) is 78.1 Å². The second-order valence-corrected chi connectivity index (χ2v) is 4.34. The number of unbranched alkanes of at least 4 members (excludes halogenated alkanes) is 7. The Bertz CT molecular complexity index is 187. The van der Waals surface area contributed by atoms with Crippen LogP contribution >= 0.6 is 0 Å². The van der Waals surface area contributed by atoms with E-state index >= 15 is 0 Å². The first-order valence-electron chi connectivity index (χ1n) is 6.86. The van der Waals surface area contributed by atoms with Crippen molar-refractivity contribution >= 4 is 12.1 Å². The van der Waals surface area contributed by atoms with Crippen LogP contribution in [0.5, 0.6) is 0 Å². The number of hydrogen-bond donors (Lipinski definition) is 0. The average Bonchev–Trinajstić information content (AvgIpc) is 2.30. The molecule has 0 unspecified atom stereocenters. The van der Waals surface area contributed by atoms with Crippen molar-refractivity contribution in [2.24, 2.45) is 4.99 Å². The molecule has 0 saturated carbocycles. The first kappa shape index (κ1) is 15.3. The number of nitrogens with zero attached hydrogens (tertiary/aromatic N) is 1. The molecule has 0 aliphatic rings. The molecule has 0 saturated heterocycles. The summed E-state index contributed by atoms with van der Waals surface area (Å²) in [6.45, 7) is 4.23. The van der Waals surface area contributed by atoms with Crippen LogP contribution in [0.3, 0.4) is 0 Å². The van der Waals surface area contributed by atoms with Gasteiger partial charge >= 0.3 is 0 Å². The highest BCUT2D eigenvalue weighted by Crippen LogP contribution is 2.09. The summed E-state index contributed by atoms with van der Waals surface area (Å²) < 4.78 is 0. The summed E-state index contributed by atoms with van der Waals surface area (Å²) >= 11 is 0. The fraction of sp³-hybridized carbons (Fsp3) is 0.857. The van der Waals surface area contributed by atoms with E-state index in [1.54, 1.807) is 6.21 Å². The standard InChI is InChI=1S/C14H27NO/c1-3-5-6-7-8-9-10-11-12-14(16)15-13-4-2/h13H,3-12H2,1-2H3. The Hall–Kier alpha value is -0.660. The second-order valence-electron chi connectivity index (χ2n) is 4.34. The van der Waals surface area contributed by atoms with Gasteiger partial charge in [0, 0.05) is 12.6 Å². The molecular formula is C14H27NO. The highest BCUT2D eigenvalue weighted by atomic mass is 16.1. The van der Waals surface area contributed by atoms with E-state index in [2.05, 4.69) is 11.9 Å². The maximum absolute atomic E-state index is 11.2. The normalized spacial score (nSPS) is 11.1. The fourth-order valence-corrected chi connectivity index (χ4v) is 1.67. The largest absolute Gasteiger partial charge is 0.273 e. The molecule has 0 fully saturated rings. The smallest absolute Gasteiger partial charge is 0.245 e. The van der Waals surface area contributed by atoms with Crippen LogP contribution < -0.4 is 0 Å². The lowest BCUT2D eigenvalue weighted by Crippen LogP contribution is -1.93. The van der Waals surface area contributed by atoms with Gasteiger partial charge in [-0.2, -0.15) is 0 Å². The number of hydrogen-bond acceptors (Lipinski definition) is 1. The summed E-state index contributed by atoms with van der Waals surface area (Å²) in [6.07, 6.45) is 13.4. The van der Waals surface area contributed by atoms with E-state index < -0.39 is 0 Å². The lowest BCUT2D eigenvalue weighted by Gasteiger charge is -2.00. The van der Waals surface area contributed by atoms with E-state index in [1.807, 2.05) is 6.92 Å². The molecule has 0 aromatic rings. The van der Waals surface area contributed by atoms with E-state index in [4.69, 9.17) is 0 Å². The molecule has 2 heteroatoms. The molecular weight excluding hydrogens is 198 g/mol. The van der Waals surface area contributed by atoms with E-state index in [-0.39, 0.29) is 5.91 Å². The van der Waals surface area contributed by atoms with Gasteiger partial charge in [0.15, 0.2) is 0 Å². The van der Waals surface area contributed by atoms with Crippen LogP contribution in [-0.2, 0) is 4.79 Å². The van der Waals surface area contributed by atoms with Gasteiger partial charge in [0.1, 0.15) is 0 Å². The van der Waals surface area contributed by atoms with Gasteiger partial charge in [-0.1, -0.05) is 58.8 Å². The summed E-state index contributed by atoms with van der Waals surface area (Å²) in [5.41, 5.74) is 0. The second kappa shape index (κ2) is 12.4. The van der Waals surface area contributed by atoms with Crippen LogP contribution in [0.1, 0.15) is 78.1 Å². The topological polar surface area (TPSA) is 29.4 Å². The third kappa shape index (κ3) is 11.4. The minimum atomic E-state index is 0.0489. The van der Waals surface area contributed by atoms with Gasteiger partial charge in [-0.25, -0.2) is 4.99 Å². The molecule has 16 heavy (non-hydrogen) atoms. The lowest BCUT2D eigenvalue weighted by atomic mass is 10.1. The van der Waals surface area contributed by atoms with Crippen LogP contribution in [0.4, 0.5) is 0 Å². The van der Waals surface area contributed by atoms with Crippen LogP contribution in [0.2, 0.25) is 0 Å². The van der Waals surface area contributed by atoms with Gasteiger partial charge in [-0.05, 0) is 12.8 Å². The van der Waals surface area contributed by atoms with Crippen LogP contribution in [-0.4, -0.2) is 12.1 Å². The Morgan fingerprint density at radius 2 is 1.50 bits per heavy atom. The summed E-state index contributed by atoms with van der Waals surface area (Å²) in [5, 5.41) is 0. The lowest BCUT2D eigenvalue weighted by molar-refractivity contribution is -0.117. The monoisotopic (exact) mass is 225 g/mol. The molecule has 1 amide bonds. The van der Waals surface area contributed by atoms with Crippen molar-refractivity contribution in [3.63, 3.8) is 0 Å². The molecule has 0 rings (SSSR count). The molecule has 0 atom stereocenters. The third-order valence-corrected chi connectivity index (χ3v) is 2.66. The predicted molar refractivity (Wildman–Crippen MR) is 71.0 cm³/mol. The number of amides is 1. The quantitative estimate of drug-likeness (QED) is 0.397. The molecule has 0 spiro atoms. The third-order valence-electron chi connectivity index (χ3n) is 2.66. The summed E-state index contributed by atoms with van der Waals surface area (Å²) in [5.74, 6) is 0.0489. The predicted octanol–water partition coefficient (Wildman–Crippen LogP) is 4.52. The van der Waals surface area contributed by atoms with Crippen molar-refractivity contribution in [3.05, 3.63) is 0 Å². The maximum atomic E-state index is 11.2. The van der Waals surface area contributed by atoms with E-state index in [1.165, 1.54) is 44.9 Å². The van der Waals surface area contributed by atoms with Crippen LogP contribution in [0, 0.1) is 0 Å². The molecule has 0 aliphatic carbocycles. The number of rotatable bonds is 10. The highest BCUT2D eigenvalue weighted by molar-refractivity contribution is 5.84. The zero-order chi connectivity index (χ0) is 12.1. The van der Waals surface area contributed by atoms with E-state index in [0.29, 0.717) is 6.42 Å². The number of carbonyl (C=O) groups is 1. The van der Waals surface area contributed by atoms with Gasteiger partial charge in [0.2, 0.25) is 5.91 Å². The minimum Gasteiger partial charge on any atom is -0.273 e. The Kier molecular flexibility index (Phi) is 11.9. The van der Waals surface area contributed by atoms with Crippen molar-refractivity contribution in [1.82, 2.24) is 0 Å². The Labute approximate surface area is 101 Å². The minimum absolute atomic E-state index is 0.0489. The first-order valence-corrected chi connectivity index (χ1v) is 6.86. The van der Waals surface area contributed by atoms with Gasteiger partial charge in [-0.15, -0.1) is 0 Å². The molecule has 2 nitrogen and oxygen atoms in total. The fourth-order valence-electron chi connectivity index (χ4n) is 1.67. The SMILES string of the molecule is CCC=NC(=O)CCCCCCCCCC. The molecule has 0 aliphatic heterocycles. The molecule has 0 aromatic heterocycles. The van der Waals surface area contributed by atoms with Gasteiger partial charge < -0.3 is 0 Å². The van der Waals surface area contributed by atoms with E-state index in [9.17, 15) is 4.79 Å². The Balaban J connectivity index is 3.14. The molecule has 0 N–H and O–H groups in total. The average molecular weight is 225 g/mol. The maximum Gasteiger partial charge on any atom is 0.245 e. The van der Waals surface area contributed by atoms with Gasteiger partial charge in [0.05, 0.1) is 0 Å². The zero-order valence-electron chi connectivity index (χ0n) is 11.0. The van der Waals surface area contributed by atoms with Gasteiger partial charge in [-0.3, -0.25) is 4.79 Å². The van der Waals surface area contributed by atoms with Crippen LogP contribution in [0.25, 0.3) is 0 Å². The highest BCUT2D eigenvalue weighted by Gasteiger charge is 1.97. The van der Waals surface area contributed by atoms with Crippen LogP contribution in [0.15, 0.2) is 4.99 Å². The van der Waals surface area contributed by atoms with E-state index in [0.717, 1.165) is 12.8 Å². The number of aliphatic imine (C=N–C) groups is 1. The number of carbonyl (C=O) groups excluding carboxylic acids is 1. The summed E-state index contributed by atoms with van der Waals surface area (Å²) in [6, 6.07) is 0. The van der Waals surface area contributed by atoms with Crippen molar-refractivity contribution < 1.29 is 4.79 Å². The van der Waals surface area contributed by atoms with Gasteiger partial charge in [0.25, 0.3) is 0 Å². The Morgan fingerprint density at radius 3 is 2.06 bits per heavy atom. The van der Waals surface area contributed by atoms with Crippen molar-refractivity contribution in [1.29, 1.82) is 0 Å². The summed E-state index contributed by atoms with van der Waals surface area (Å²) in [7, 11) is 0. The zero-order valence-corrected chi connectivity index (χ0v) is 11.0. The van der Waals surface area contributed by atoms with Crippen molar-refractivity contribution in [3.8, 4) is 0 Å². The van der Waals surface area contributed by atoms with Crippen molar-refractivity contribution in [2.75, 3.05) is 0 Å². The first-order chi connectivity index (χ1) is 7.81. The molecule has 0 radical (unpaired) electrons.